The van der Waals surface area contributed by atoms with Gasteiger partial charge in [0.25, 0.3) is 5.91 Å². The first-order valence-electron chi connectivity index (χ1n) is 12.0. The van der Waals surface area contributed by atoms with Crippen molar-refractivity contribution in [1.29, 1.82) is 0 Å². The Bertz CT molecular complexity index is 1330. The second-order valence-corrected chi connectivity index (χ2v) is 8.99. The number of likely N-dealkylation sites (N-methyl/N-ethyl adjacent to an activating group) is 1. The van der Waals surface area contributed by atoms with E-state index in [-0.39, 0.29) is 11.9 Å². The van der Waals surface area contributed by atoms with E-state index in [0.29, 0.717) is 17.9 Å². The molecule has 0 unspecified atom stereocenters. The molecule has 2 aromatic heterocycles. The number of pyridine rings is 1. The molecule has 4 aromatic rings. The standard InChI is InChI=1S/C28H33N5O2/c1-6-33-14-13-26(31-33)27-18-24(22-9-7-8-10-25(22)30-27)20(3)29-28(34)23-17-21(12-11-19(23)2)35-16-15-32(4)5/h7-14,17-18,20H,6,15-16H2,1-5H3,(H,29,34)/t20-/m1/s1. The van der Waals surface area contributed by atoms with E-state index in [9.17, 15) is 4.79 Å². The third-order valence-corrected chi connectivity index (χ3v) is 6.05. The summed E-state index contributed by atoms with van der Waals surface area (Å²) < 4.78 is 7.73. The number of aryl methyl sites for hydroxylation is 2. The minimum Gasteiger partial charge on any atom is -0.492 e. The topological polar surface area (TPSA) is 72.3 Å². The van der Waals surface area contributed by atoms with Crippen molar-refractivity contribution in [2.45, 2.75) is 33.4 Å². The van der Waals surface area contributed by atoms with Gasteiger partial charge in [-0.2, -0.15) is 5.10 Å². The number of nitrogens with zero attached hydrogens (tertiary/aromatic N) is 4. The van der Waals surface area contributed by atoms with Crippen molar-refractivity contribution < 1.29 is 9.53 Å². The van der Waals surface area contributed by atoms with Crippen molar-refractivity contribution in [3.63, 3.8) is 0 Å². The van der Waals surface area contributed by atoms with Crippen molar-refractivity contribution in [2.75, 3.05) is 27.2 Å². The summed E-state index contributed by atoms with van der Waals surface area (Å²) in [6.07, 6.45) is 1.95. The third-order valence-electron chi connectivity index (χ3n) is 6.05. The van der Waals surface area contributed by atoms with Crippen molar-refractivity contribution in [3.05, 3.63) is 77.5 Å². The number of hydrogen-bond donors (Lipinski definition) is 1. The molecule has 35 heavy (non-hydrogen) atoms. The van der Waals surface area contributed by atoms with E-state index in [1.165, 1.54) is 0 Å². The Morgan fingerprint density at radius 2 is 1.91 bits per heavy atom. The molecule has 1 amide bonds. The number of aromatic nitrogens is 3. The van der Waals surface area contributed by atoms with Gasteiger partial charge in [-0.25, -0.2) is 4.98 Å². The molecule has 0 spiro atoms. The van der Waals surface area contributed by atoms with Gasteiger partial charge in [0, 0.05) is 30.2 Å². The van der Waals surface area contributed by atoms with E-state index in [0.717, 1.165) is 46.5 Å². The Morgan fingerprint density at radius 3 is 2.66 bits per heavy atom. The van der Waals surface area contributed by atoms with Crippen molar-refractivity contribution in [3.8, 4) is 17.1 Å². The smallest absolute Gasteiger partial charge is 0.252 e. The molecular formula is C28H33N5O2. The molecule has 7 heteroatoms. The quantitative estimate of drug-likeness (QED) is 0.378. The number of rotatable bonds is 9. The van der Waals surface area contributed by atoms with Gasteiger partial charge in [0.1, 0.15) is 18.1 Å². The Hall–Kier alpha value is -3.71. The SMILES string of the molecule is CCn1ccc(-c2cc([C@@H](C)NC(=O)c3cc(OCCN(C)C)ccc3C)c3ccccc3n2)n1. The van der Waals surface area contributed by atoms with Crippen LogP contribution in [0.4, 0.5) is 0 Å². The van der Waals surface area contributed by atoms with Crippen LogP contribution in [-0.2, 0) is 6.54 Å². The van der Waals surface area contributed by atoms with Gasteiger partial charge in [0.2, 0.25) is 0 Å². The van der Waals surface area contributed by atoms with Crippen LogP contribution in [0.15, 0.2) is 60.8 Å². The lowest BCUT2D eigenvalue weighted by Gasteiger charge is -2.19. The fourth-order valence-electron chi connectivity index (χ4n) is 4.00. The van der Waals surface area contributed by atoms with Crippen LogP contribution < -0.4 is 10.1 Å². The Labute approximate surface area is 206 Å². The van der Waals surface area contributed by atoms with Gasteiger partial charge in [-0.1, -0.05) is 24.3 Å². The monoisotopic (exact) mass is 471 g/mol. The lowest BCUT2D eigenvalue weighted by molar-refractivity contribution is 0.0939. The van der Waals surface area contributed by atoms with Crippen LogP contribution in [0.5, 0.6) is 5.75 Å². The summed E-state index contributed by atoms with van der Waals surface area (Å²) in [5.41, 5.74) is 5.00. The van der Waals surface area contributed by atoms with E-state index >= 15 is 0 Å². The zero-order valence-electron chi connectivity index (χ0n) is 21.1. The number of fused-ring (bicyclic) bond motifs is 1. The predicted molar refractivity (Wildman–Crippen MR) is 140 cm³/mol. The molecular weight excluding hydrogens is 438 g/mol. The van der Waals surface area contributed by atoms with Crippen LogP contribution in [-0.4, -0.2) is 52.8 Å². The molecule has 0 saturated carbocycles. The number of benzene rings is 2. The summed E-state index contributed by atoms with van der Waals surface area (Å²) >= 11 is 0. The van der Waals surface area contributed by atoms with E-state index in [2.05, 4.69) is 22.2 Å². The third kappa shape index (κ3) is 5.69. The van der Waals surface area contributed by atoms with Crippen LogP contribution in [0.25, 0.3) is 22.3 Å². The molecule has 0 bridgehead atoms. The number of ether oxygens (including phenoxy) is 1. The molecule has 2 aromatic carbocycles. The molecule has 182 valence electrons. The molecule has 7 nitrogen and oxygen atoms in total. The zero-order valence-corrected chi connectivity index (χ0v) is 21.1. The Kier molecular flexibility index (Phi) is 7.46. The van der Waals surface area contributed by atoms with Crippen LogP contribution in [0.3, 0.4) is 0 Å². The first-order valence-corrected chi connectivity index (χ1v) is 12.0. The van der Waals surface area contributed by atoms with Gasteiger partial charge in [0.15, 0.2) is 0 Å². The lowest BCUT2D eigenvalue weighted by atomic mass is 10.00. The highest BCUT2D eigenvalue weighted by Gasteiger charge is 2.18. The fourth-order valence-corrected chi connectivity index (χ4v) is 4.00. The average molecular weight is 472 g/mol. The normalized spacial score (nSPS) is 12.2. The second kappa shape index (κ2) is 10.7. The molecule has 0 aliphatic rings. The number of para-hydroxylation sites is 1. The summed E-state index contributed by atoms with van der Waals surface area (Å²) in [5, 5.41) is 8.82. The molecule has 0 fully saturated rings. The summed E-state index contributed by atoms with van der Waals surface area (Å²) in [5.74, 6) is 0.559. The van der Waals surface area contributed by atoms with Gasteiger partial charge in [-0.15, -0.1) is 0 Å². The van der Waals surface area contributed by atoms with Crippen LogP contribution >= 0.6 is 0 Å². The van der Waals surface area contributed by atoms with Gasteiger partial charge in [0.05, 0.1) is 17.3 Å². The maximum Gasteiger partial charge on any atom is 0.252 e. The first-order chi connectivity index (χ1) is 16.9. The van der Waals surface area contributed by atoms with Crippen molar-refractivity contribution in [2.24, 2.45) is 0 Å². The van der Waals surface area contributed by atoms with Gasteiger partial charge >= 0.3 is 0 Å². The first kappa shape index (κ1) is 24.4. The maximum absolute atomic E-state index is 13.3. The number of amides is 1. The van der Waals surface area contributed by atoms with Crippen molar-refractivity contribution >= 4 is 16.8 Å². The van der Waals surface area contributed by atoms with E-state index < -0.39 is 0 Å². The summed E-state index contributed by atoms with van der Waals surface area (Å²) in [6.45, 7) is 8.16. The summed E-state index contributed by atoms with van der Waals surface area (Å²) in [6, 6.07) is 17.4. The van der Waals surface area contributed by atoms with Crippen LogP contribution in [0.1, 0.15) is 41.4 Å². The van der Waals surface area contributed by atoms with Gasteiger partial charge < -0.3 is 15.0 Å². The molecule has 1 N–H and O–H groups in total. The molecule has 0 aliphatic carbocycles. The molecule has 1 atom stereocenters. The lowest BCUT2D eigenvalue weighted by Crippen LogP contribution is -2.27. The van der Waals surface area contributed by atoms with Crippen LogP contribution in [0.2, 0.25) is 0 Å². The number of carbonyl (C=O) groups excluding carboxylic acids is 1. The Balaban J connectivity index is 1.61. The van der Waals surface area contributed by atoms with Gasteiger partial charge in [-0.05, 0) is 76.3 Å². The Morgan fingerprint density at radius 1 is 1.11 bits per heavy atom. The fraction of sp³-hybridized carbons (Fsp3) is 0.321. The van der Waals surface area contributed by atoms with Crippen molar-refractivity contribution in [1.82, 2.24) is 25.0 Å². The van der Waals surface area contributed by atoms with E-state index in [1.54, 1.807) is 0 Å². The minimum atomic E-state index is -0.236. The largest absolute Gasteiger partial charge is 0.492 e. The zero-order chi connectivity index (χ0) is 24.9. The summed E-state index contributed by atoms with van der Waals surface area (Å²) in [7, 11) is 4.00. The highest BCUT2D eigenvalue weighted by molar-refractivity contribution is 5.96. The highest BCUT2D eigenvalue weighted by Crippen LogP contribution is 2.28. The number of hydrogen-bond acceptors (Lipinski definition) is 5. The number of carbonyl (C=O) groups is 1. The molecule has 0 aliphatic heterocycles. The molecule has 4 rings (SSSR count). The molecule has 2 heterocycles. The van der Waals surface area contributed by atoms with Gasteiger partial charge in [-0.3, -0.25) is 9.48 Å². The summed E-state index contributed by atoms with van der Waals surface area (Å²) in [4.78, 5) is 20.2. The molecule has 0 radical (unpaired) electrons. The minimum absolute atomic E-state index is 0.134. The van der Waals surface area contributed by atoms with E-state index in [1.807, 2.05) is 93.4 Å². The number of nitrogens with one attached hydrogen (secondary N) is 1. The highest BCUT2D eigenvalue weighted by atomic mass is 16.5. The van der Waals surface area contributed by atoms with Crippen LogP contribution in [0, 0.1) is 6.92 Å². The second-order valence-electron chi connectivity index (χ2n) is 8.99. The average Bonchev–Trinajstić information content (AvgIpc) is 3.33. The van der Waals surface area contributed by atoms with E-state index in [4.69, 9.17) is 9.72 Å². The predicted octanol–water partition coefficient (Wildman–Crippen LogP) is 4.86. The maximum atomic E-state index is 13.3. The molecule has 0 saturated heterocycles.